The van der Waals surface area contributed by atoms with Crippen molar-refractivity contribution >= 4 is 11.6 Å². The number of halogens is 1. The molecule has 0 aromatic heterocycles. The Bertz CT molecular complexity index is 334. The minimum atomic E-state index is 0.257. The second kappa shape index (κ2) is 5.17. The van der Waals surface area contributed by atoms with Gasteiger partial charge in [0.1, 0.15) is 0 Å². The van der Waals surface area contributed by atoms with Crippen molar-refractivity contribution in [2.75, 3.05) is 13.1 Å². The van der Waals surface area contributed by atoms with Crippen LogP contribution in [0.1, 0.15) is 31.4 Å². The maximum Gasteiger partial charge on any atom is 0.0499 e. The van der Waals surface area contributed by atoms with Gasteiger partial charge in [0.05, 0.1) is 0 Å². The molecule has 1 aliphatic rings. The molecule has 0 unspecified atom stereocenters. The molecule has 1 aromatic rings. The first-order valence-corrected chi connectivity index (χ1v) is 6.35. The van der Waals surface area contributed by atoms with Crippen LogP contribution in [0.5, 0.6) is 0 Å². The molecule has 88 valence electrons. The fraction of sp³-hybridized carbons (Fsp3) is 0.538. The second-order valence-electron chi connectivity index (χ2n) is 4.48. The van der Waals surface area contributed by atoms with Crippen LogP contribution >= 0.6 is 11.6 Å². The lowest BCUT2D eigenvalue weighted by Crippen LogP contribution is -2.32. The van der Waals surface area contributed by atoms with Crippen molar-refractivity contribution in [1.82, 2.24) is 4.90 Å². The van der Waals surface area contributed by atoms with Crippen molar-refractivity contribution in [2.45, 2.75) is 31.8 Å². The largest absolute Gasteiger partial charge is 0.326 e. The minimum absolute atomic E-state index is 0.257. The Morgan fingerprint density at radius 3 is 2.69 bits per heavy atom. The third-order valence-corrected chi connectivity index (χ3v) is 3.52. The molecule has 1 aromatic carbocycles. The summed E-state index contributed by atoms with van der Waals surface area (Å²) in [4.78, 5) is 2.48. The molecule has 1 fully saturated rings. The summed E-state index contributed by atoms with van der Waals surface area (Å²) in [5.41, 5.74) is 7.49. The van der Waals surface area contributed by atoms with Crippen molar-refractivity contribution in [3.05, 3.63) is 34.9 Å². The number of nitrogens with two attached hydrogens (primary N) is 1. The summed E-state index contributed by atoms with van der Waals surface area (Å²) >= 11 is 5.91. The van der Waals surface area contributed by atoms with Crippen LogP contribution in [0.3, 0.4) is 0 Å². The van der Waals surface area contributed by atoms with E-state index in [2.05, 4.69) is 24.0 Å². The van der Waals surface area contributed by atoms with E-state index in [1.165, 1.54) is 12.0 Å². The molecule has 2 rings (SSSR count). The predicted octanol–water partition coefficient (Wildman–Crippen LogP) is 2.82. The van der Waals surface area contributed by atoms with Crippen LogP contribution in [0.2, 0.25) is 5.02 Å². The highest BCUT2D eigenvalue weighted by Gasteiger charge is 2.31. The van der Waals surface area contributed by atoms with Crippen molar-refractivity contribution in [3.8, 4) is 0 Å². The topological polar surface area (TPSA) is 29.3 Å². The molecule has 0 bridgehead atoms. The molecule has 2 nitrogen and oxygen atoms in total. The molecule has 3 heteroatoms. The molecule has 0 saturated carbocycles. The molecule has 2 N–H and O–H groups in total. The Kier molecular flexibility index (Phi) is 3.85. The fourth-order valence-corrected chi connectivity index (χ4v) is 2.66. The van der Waals surface area contributed by atoms with E-state index in [1.54, 1.807) is 0 Å². The molecule has 0 spiro atoms. The third-order valence-electron chi connectivity index (χ3n) is 3.27. The van der Waals surface area contributed by atoms with Gasteiger partial charge in [-0.3, -0.25) is 4.90 Å². The van der Waals surface area contributed by atoms with E-state index in [1.807, 2.05) is 12.1 Å². The van der Waals surface area contributed by atoms with Crippen molar-refractivity contribution in [3.63, 3.8) is 0 Å². The van der Waals surface area contributed by atoms with Gasteiger partial charge in [-0.1, -0.05) is 30.7 Å². The average molecular weight is 239 g/mol. The molecule has 0 aliphatic carbocycles. The van der Waals surface area contributed by atoms with Gasteiger partial charge in [-0.05, 0) is 37.1 Å². The first kappa shape index (κ1) is 11.9. The number of hydrogen-bond acceptors (Lipinski definition) is 2. The van der Waals surface area contributed by atoms with E-state index in [0.717, 1.165) is 24.5 Å². The van der Waals surface area contributed by atoms with E-state index >= 15 is 0 Å². The average Bonchev–Trinajstić information content (AvgIpc) is 2.62. The SMILES string of the molecule is CCCN1CC[C@H](N)[C@H]1c1ccc(Cl)cc1. The van der Waals surface area contributed by atoms with Gasteiger partial charge in [-0.2, -0.15) is 0 Å². The van der Waals surface area contributed by atoms with Crippen molar-refractivity contribution in [1.29, 1.82) is 0 Å². The Labute approximate surface area is 102 Å². The predicted molar refractivity (Wildman–Crippen MR) is 68.6 cm³/mol. The summed E-state index contributed by atoms with van der Waals surface area (Å²) in [6, 6.07) is 8.73. The molecular weight excluding hydrogens is 220 g/mol. The van der Waals surface area contributed by atoms with Crippen LogP contribution in [-0.4, -0.2) is 24.0 Å². The van der Waals surface area contributed by atoms with Crippen LogP contribution in [0.4, 0.5) is 0 Å². The fourth-order valence-electron chi connectivity index (χ4n) is 2.54. The maximum atomic E-state index is 6.20. The van der Waals surface area contributed by atoms with E-state index in [0.29, 0.717) is 6.04 Å². The summed E-state index contributed by atoms with van der Waals surface area (Å²) in [6.45, 7) is 4.45. The highest BCUT2D eigenvalue weighted by Crippen LogP contribution is 2.31. The Hall–Kier alpha value is -0.570. The van der Waals surface area contributed by atoms with Gasteiger partial charge in [-0.15, -0.1) is 0 Å². The van der Waals surface area contributed by atoms with Gasteiger partial charge in [0.15, 0.2) is 0 Å². The van der Waals surface area contributed by atoms with Gasteiger partial charge in [-0.25, -0.2) is 0 Å². The molecular formula is C13H19ClN2. The van der Waals surface area contributed by atoms with Crippen LogP contribution in [-0.2, 0) is 0 Å². The van der Waals surface area contributed by atoms with Gasteiger partial charge < -0.3 is 5.73 Å². The van der Waals surface area contributed by atoms with E-state index in [4.69, 9.17) is 17.3 Å². The van der Waals surface area contributed by atoms with Crippen LogP contribution in [0.25, 0.3) is 0 Å². The number of hydrogen-bond donors (Lipinski definition) is 1. The molecule has 16 heavy (non-hydrogen) atoms. The zero-order chi connectivity index (χ0) is 11.5. The lowest BCUT2D eigenvalue weighted by molar-refractivity contribution is 0.248. The van der Waals surface area contributed by atoms with Crippen molar-refractivity contribution < 1.29 is 0 Å². The quantitative estimate of drug-likeness (QED) is 0.878. The molecule has 2 atom stereocenters. The Balaban J connectivity index is 2.19. The second-order valence-corrected chi connectivity index (χ2v) is 4.92. The summed E-state index contributed by atoms with van der Waals surface area (Å²) in [6.07, 6.45) is 2.27. The number of likely N-dealkylation sites (tertiary alicyclic amines) is 1. The van der Waals surface area contributed by atoms with Gasteiger partial charge >= 0.3 is 0 Å². The minimum Gasteiger partial charge on any atom is -0.326 e. The maximum absolute atomic E-state index is 6.20. The highest BCUT2D eigenvalue weighted by molar-refractivity contribution is 6.30. The van der Waals surface area contributed by atoms with Crippen LogP contribution < -0.4 is 5.73 Å². The molecule has 1 saturated heterocycles. The normalized spacial score (nSPS) is 26.2. The zero-order valence-electron chi connectivity index (χ0n) is 9.70. The number of rotatable bonds is 3. The van der Waals surface area contributed by atoms with E-state index in [9.17, 15) is 0 Å². The summed E-state index contributed by atoms with van der Waals surface area (Å²) in [5, 5.41) is 0.789. The number of benzene rings is 1. The van der Waals surface area contributed by atoms with Gasteiger partial charge in [0.25, 0.3) is 0 Å². The Morgan fingerprint density at radius 2 is 2.06 bits per heavy atom. The zero-order valence-corrected chi connectivity index (χ0v) is 10.5. The van der Waals surface area contributed by atoms with Gasteiger partial charge in [0, 0.05) is 23.7 Å². The summed E-state index contributed by atoms with van der Waals surface area (Å²) in [7, 11) is 0. The summed E-state index contributed by atoms with van der Waals surface area (Å²) in [5.74, 6) is 0. The lowest BCUT2D eigenvalue weighted by Gasteiger charge is -2.26. The van der Waals surface area contributed by atoms with E-state index < -0.39 is 0 Å². The molecule has 0 radical (unpaired) electrons. The van der Waals surface area contributed by atoms with Crippen LogP contribution in [0.15, 0.2) is 24.3 Å². The lowest BCUT2D eigenvalue weighted by atomic mass is 10.0. The Morgan fingerprint density at radius 1 is 1.38 bits per heavy atom. The number of nitrogens with zero attached hydrogens (tertiary/aromatic N) is 1. The first-order chi connectivity index (χ1) is 7.72. The standard InChI is InChI=1S/C13H19ClN2/c1-2-8-16-9-7-12(15)13(16)10-3-5-11(14)6-4-10/h3-6,12-13H,2,7-9,15H2,1H3/t12-,13+/m0/s1. The van der Waals surface area contributed by atoms with Crippen LogP contribution in [0, 0.1) is 0 Å². The first-order valence-electron chi connectivity index (χ1n) is 5.97. The third kappa shape index (κ3) is 2.40. The monoisotopic (exact) mass is 238 g/mol. The molecule has 0 amide bonds. The molecule has 1 heterocycles. The van der Waals surface area contributed by atoms with E-state index in [-0.39, 0.29) is 6.04 Å². The highest BCUT2D eigenvalue weighted by atomic mass is 35.5. The molecule has 1 aliphatic heterocycles. The summed E-state index contributed by atoms with van der Waals surface area (Å²) < 4.78 is 0. The smallest absolute Gasteiger partial charge is 0.0499 e. The van der Waals surface area contributed by atoms with Crippen molar-refractivity contribution in [2.24, 2.45) is 5.73 Å². The van der Waals surface area contributed by atoms with Gasteiger partial charge in [0.2, 0.25) is 0 Å².